The van der Waals surface area contributed by atoms with Gasteiger partial charge >= 0.3 is 5.97 Å². The molecule has 1 aromatic rings. The summed E-state index contributed by atoms with van der Waals surface area (Å²) < 4.78 is 0. The minimum absolute atomic E-state index is 0.200. The van der Waals surface area contributed by atoms with Crippen molar-refractivity contribution in [2.75, 3.05) is 0 Å². The molecule has 4 heteroatoms. The van der Waals surface area contributed by atoms with Gasteiger partial charge in [-0.15, -0.1) is 0 Å². The molecule has 0 amide bonds. The van der Waals surface area contributed by atoms with Crippen LogP contribution in [0, 0.1) is 0 Å². The molecule has 0 radical (unpaired) electrons. The highest BCUT2D eigenvalue weighted by Crippen LogP contribution is 2.04. The van der Waals surface area contributed by atoms with E-state index in [0.29, 0.717) is 0 Å². The third kappa shape index (κ3) is 1.94. The van der Waals surface area contributed by atoms with Gasteiger partial charge in [0.05, 0.1) is 0 Å². The fourth-order valence-corrected chi connectivity index (χ4v) is 0.987. The molecule has 0 saturated heterocycles. The minimum Gasteiger partial charge on any atom is -0.477 e. The lowest BCUT2D eigenvalue weighted by molar-refractivity contribution is 0.0691. The standard InChI is InChI=1S/C7H6BrNO2/c8-4-3-5-1-2-6(9-5)7(10)11/h1-4,9H,(H,10,11). The Morgan fingerprint density at radius 2 is 2.36 bits per heavy atom. The Morgan fingerprint density at radius 3 is 2.82 bits per heavy atom. The molecule has 0 unspecified atom stereocenters. The van der Waals surface area contributed by atoms with Crippen LogP contribution in [0.1, 0.15) is 16.2 Å². The van der Waals surface area contributed by atoms with Crippen molar-refractivity contribution in [2.45, 2.75) is 0 Å². The van der Waals surface area contributed by atoms with E-state index >= 15 is 0 Å². The molecule has 1 rings (SSSR count). The molecule has 0 aliphatic heterocycles. The first-order valence-electron chi connectivity index (χ1n) is 2.93. The molecule has 58 valence electrons. The van der Waals surface area contributed by atoms with Crippen molar-refractivity contribution in [1.82, 2.24) is 4.98 Å². The number of halogens is 1. The van der Waals surface area contributed by atoms with Gasteiger partial charge in [0.2, 0.25) is 0 Å². The van der Waals surface area contributed by atoms with Gasteiger partial charge in [-0.3, -0.25) is 0 Å². The zero-order valence-electron chi connectivity index (χ0n) is 5.54. The van der Waals surface area contributed by atoms with Crippen molar-refractivity contribution < 1.29 is 9.90 Å². The molecule has 0 aromatic carbocycles. The normalized spacial score (nSPS) is 10.6. The lowest BCUT2D eigenvalue weighted by Crippen LogP contribution is -1.95. The molecule has 1 heterocycles. The summed E-state index contributed by atoms with van der Waals surface area (Å²) >= 11 is 3.08. The molecular formula is C7H6BrNO2. The summed E-state index contributed by atoms with van der Waals surface area (Å²) in [5.74, 6) is -0.945. The number of hydrogen-bond donors (Lipinski definition) is 2. The number of rotatable bonds is 2. The van der Waals surface area contributed by atoms with Crippen LogP contribution in [0.2, 0.25) is 0 Å². The molecule has 0 saturated carbocycles. The summed E-state index contributed by atoms with van der Waals surface area (Å²) in [7, 11) is 0. The van der Waals surface area contributed by atoms with Crippen LogP contribution in [-0.4, -0.2) is 16.1 Å². The third-order valence-corrected chi connectivity index (χ3v) is 1.45. The summed E-state index contributed by atoms with van der Waals surface area (Å²) in [5, 5.41) is 8.50. The van der Waals surface area contributed by atoms with Crippen molar-refractivity contribution in [2.24, 2.45) is 0 Å². The van der Waals surface area contributed by atoms with Gasteiger partial charge in [-0.2, -0.15) is 0 Å². The number of carboxylic acid groups (broad SMARTS) is 1. The second kappa shape index (κ2) is 3.39. The van der Waals surface area contributed by atoms with Crippen molar-refractivity contribution in [3.8, 4) is 0 Å². The number of aromatic amines is 1. The number of H-pyrrole nitrogens is 1. The van der Waals surface area contributed by atoms with Crippen LogP contribution in [0.4, 0.5) is 0 Å². The average Bonchev–Trinajstić information content (AvgIpc) is 2.37. The van der Waals surface area contributed by atoms with Crippen molar-refractivity contribution >= 4 is 28.0 Å². The van der Waals surface area contributed by atoms with Crippen LogP contribution in [0.5, 0.6) is 0 Å². The minimum atomic E-state index is -0.945. The van der Waals surface area contributed by atoms with Gasteiger partial charge in [0.15, 0.2) is 0 Å². The molecule has 3 nitrogen and oxygen atoms in total. The monoisotopic (exact) mass is 215 g/mol. The Kier molecular flexibility index (Phi) is 2.48. The SMILES string of the molecule is O=C(O)c1ccc(C=CBr)[nH]1. The van der Waals surface area contributed by atoms with Gasteiger partial charge < -0.3 is 10.1 Å². The van der Waals surface area contributed by atoms with Crippen LogP contribution >= 0.6 is 15.9 Å². The molecular weight excluding hydrogens is 210 g/mol. The van der Waals surface area contributed by atoms with E-state index in [1.807, 2.05) is 0 Å². The van der Waals surface area contributed by atoms with E-state index in [0.717, 1.165) is 5.69 Å². The topological polar surface area (TPSA) is 53.1 Å². The fourth-order valence-electron chi connectivity index (χ4n) is 0.702. The number of hydrogen-bond acceptors (Lipinski definition) is 1. The lowest BCUT2D eigenvalue weighted by Gasteiger charge is -1.85. The predicted molar refractivity (Wildman–Crippen MR) is 45.7 cm³/mol. The summed E-state index contributed by atoms with van der Waals surface area (Å²) in [4.78, 5) is 14.7. The van der Waals surface area contributed by atoms with E-state index in [2.05, 4.69) is 20.9 Å². The largest absolute Gasteiger partial charge is 0.477 e. The van der Waals surface area contributed by atoms with Gasteiger partial charge in [0, 0.05) is 5.69 Å². The Morgan fingerprint density at radius 1 is 1.64 bits per heavy atom. The highest BCUT2D eigenvalue weighted by atomic mass is 79.9. The van der Waals surface area contributed by atoms with Gasteiger partial charge in [-0.05, 0) is 23.2 Å². The van der Waals surface area contributed by atoms with Crippen molar-refractivity contribution in [3.05, 3.63) is 28.5 Å². The second-order valence-corrected chi connectivity index (χ2v) is 2.45. The van der Waals surface area contributed by atoms with Crippen LogP contribution < -0.4 is 0 Å². The number of carboxylic acids is 1. The first kappa shape index (κ1) is 8.07. The van der Waals surface area contributed by atoms with Crippen LogP contribution in [0.25, 0.3) is 6.08 Å². The first-order chi connectivity index (χ1) is 5.24. The second-order valence-electron chi connectivity index (χ2n) is 1.93. The summed E-state index contributed by atoms with van der Waals surface area (Å²) in [6.45, 7) is 0. The number of carbonyl (C=O) groups is 1. The molecule has 0 fully saturated rings. The molecule has 0 aliphatic carbocycles. The van der Waals surface area contributed by atoms with Gasteiger partial charge in [-0.25, -0.2) is 4.79 Å². The Bertz CT molecular complexity index is 290. The van der Waals surface area contributed by atoms with Gasteiger partial charge in [0.1, 0.15) is 5.69 Å². The molecule has 0 atom stereocenters. The Hall–Kier alpha value is -1.03. The van der Waals surface area contributed by atoms with E-state index in [1.165, 1.54) is 6.07 Å². The molecule has 2 N–H and O–H groups in total. The molecule has 0 aliphatic rings. The summed E-state index contributed by atoms with van der Waals surface area (Å²) in [5.41, 5.74) is 0.963. The maximum atomic E-state index is 10.4. The molecule has 11 heavy (non-hydrogen) atoms. The predicted octanol–water partition coefficient (Wildman–Crippen LogP) is 2.08. The molecule has 0 spiro atoms. The Balaban J connectivity index is 2.90. The van der Waals surface area contributed by atoms with Crippen molar-refractivity contribution in [3.63, 3.8) is 0 Å². The van der Waals surface area contributed by atoms with E-state index in [9.17, 15) is 4.79 Å². The first-order valence-corrected chi connectivity index (χ1v) is 3.84. The fraction of sp³-hybridized carbons (Fsp3) is 0. The summed E-state index contributed by atoms with van der Waals surface area (Å²) in [6, 6.07) is 3.21. The highest BCUT2D eigenvalue weighted by Gasteiger charge is 2.02. The maximum Gasteiger partial charge on any atom is 0.352 e. The average molecular weight is 216 g/mol. The zero-order chi connectivity index (χ0) is 8.27. The van der Waals surface area contributed by atoms with Crippen LogP contribution in [0.3, 0.4) is 0 Å². The van der Waals surface area contributed by atoms with E-state index < -0.39 is 5.97 Å². The Labute approximate surface area is 71.9 Å². The molecule has 0 bridgehead atoms. The van der Waals surface area contributed by atoms with E-state index in [1.54, 1.807) is 17.1 Å². The molecule has 1 aromatic heterocycles. The summed E-state index contributed by atoms with van der Waals surface area (Å²) in [6.07, 6.45) is 1.73. The van der Waals surface area contributed by atoms with E-state index in [-0.39, 0.29) is 5.69 Å². The van der Waals surface area contributed by atoms with Crippen molar-refractivity contribution in [1.29, 1.82) is 0 Å². The van der Waals surface area contributed by atoms with Gasteiger partial charge in [0.25, 0.3) is 0 Å². The number of nitrogens with one attached hydrogen (secondary N) is 1. The maximum absolute atomic E-state index is 10.4. The highest BCUT2D eigenvalue weighted by molar-refractivity contribution is 9.11. The van der Waals surface area contributed by atoms with Gasteiger partial charge in [-0.1, -0.05) is 15.9 Å². The van der Waals surface area contributed by atoms with E-state index in [4.69, 9.17) is 5.11 Å². The quantitative estimate of drug-likeness (QED) is 0.794. The third-order valence-electron chi connectivity index (χ3n) is 1.18. The lowest BCUT2D eigenvalue weighted by atomic mass is 10.4. The van der Waals surface area contributed by atoms with Crippen LogP contribution in [0.15, 0.2) is 17.1 Å². The smallest absolute Gasteiger partial charge is 0.352 e. The van der Waals surface area contributed by atoms with Crippen LogP contribution in [-0.2, 0) is 0 Å². The number of aromatic carboxylic acids is 1. The zero-order valence-corrected chi connectivity index (χ0v) is 7.13. The number of aromatic nitrogens is 1.